The number of hydrogen-bond acceptors (Lipinski definition) is 5. The van der Waals surface area contributed by atoms with E-state index in [0.717, 1.165) is 33.7 Å². The fraction of sp³-hybridized carbons (Fsp3) is 0.385. The molecule has 0 bridgehead atoms. The fourth-order valence-corrected chi connectivity index (χ4v) is 3.84. The predicted octanol–water partition coefficient (Wildman–Crippen LogP) is 3.82. The highest BCUT2D eigenvalue weighted by molar-refractivity contribution is 5.78. The van der Waals surface area contributed by atoms with E-state index in [1.165, 1.54) is 0 Å². The molecule has 0 N–H and O–H groups in total. The summed E-state index contributed by atoms with van der Waals surface area (Å²) in [5, 5.41) is 1.88. The molecule has 1 aromatic carbocycles. The van der Waals surface area contributed by atoms with Crippen molar-refractivity contribution in [2.75, 3.05) is 7.05 Å². The lowest BCUT2D eigenvalue weighted by molar-refractivity contribution is -0.138. The average Bonchev–Trinajstić information content (AvgIpc) is 2.67. The Labute approximate surface area is 184 Å². The first-order valence-electron chi connectivity index (χ1n) is 10.8. The van der Waals surface area contributed by atoms with Gasteiger partial charge in [0.15, 0.2) is 11.5 Å². The molecule has 0 spiro atoms. The molecule has 5 nitrogen and oxygen atoms in total. The van der Waals surface area contributed by atoms with Crippen LogP contribution in [0.4, 0.5) is 0 Å². The molecule has 0 atom stereocenters. The Morgan fingerprint density at radius 3 is 2.19 bits per heavy atom. The third kappa shape index (κ3) is 5.16. The van der Waals surface area contributed by atoms with Crippen LogP contribution in [0.2, 0.25) is 0 Å². The van der Waals surface area contributed by atoms with Crippen molar-refractivity contribution >= 4 is 23.7 Å². The lowest BCUT2D eigenvalue weighted by Crippen LogP contribution is -2.37. The zero-order valence-electron chi connectivity index (χ0n) is 19.0. The van der Waals surface area contributed by atoms with Crippen LogP contribution in [-0.4, -0.2) is 23.9 Å². The van der Waals surface area contributed by atoms with Crippen LogP contribution in [0, 0.1) is 11.8 Å². The number of carbonyl (C=O) groups is 2. The maximum absolute atomic E-state index is 12.4. The molecule has 0 radical (unpaired) electrons. The molecule has 2 aliphatic rings. The minimum absolute atomic E-state index is 0.168. The second-order valence-electron chi connectivity index (χ2n) is 8.86. The van der Waals surface area contributed by atoms with Gasteiger partial charge >= 0.3 is 11.9 Å². The summed E-state index contributed by atoms with van der Waals surface area (Å²) in [6.07, 6.45) is 9.33. The summed E-state index contributed by atoms with van der Waals surface area (Å²) in [6, 6.07) is 3.61. The highest BCUT2D eigenvalue weighted by Gasteiger charge is 2.23. The van der Waals surface area contributed by atoms with Gasteiger partial charge in [-0.15, -0.1) is 0 Å². The van der Waals surface area contributed by atoms with Crippen molar-refractivity contribution in [3.8, 4) is 11.5 Å². The summed E-state index contributed by atoms with van der Waals surface area (Å²) in [4.78, 5) is 26.8. The van der Waals surface area contributed by atoms with Crippen molar-refractivity contribution < 1.29 is 19.1 Å². The van der Waals surface area contributed by atoms with E-state index in [2.05, 4.69) is 23.6 Å². The minimum Gasteiger partial charge on any atom is -0.422 e. The Morgan fingerprint density at radius 2 is 1.65 bits per heavy atom. The van der Waals surface area contributed by atoms with E-state index in [9.17, 15) is 9.59 Å². The number of hydrogen-bond donors (Lipinski definition) is 0. The van der Waals surface area contributed by atoms with Crippen molar-refractivity contribution in [1.82, 2.24) is 4.90 Å². The molecule has 1 aliphatic heterocycles. The molecule has 3 rings (SSSR count). The third-order valence-corrected chi connectivity index (χ3v) is 5.12. The molecule has 0 saturated carbocycles. The SMILES string of the molecule is C=CC1=C2C(=c3cc(OC(=O)CC(C)C)c(OC(=O)CC(C)C)cc3=CN2C)CC=C1. The minimum atomic E-state index is -0.344. The molecule has 5 heteroatoms. The normalized spacial score (nSPS) is 14.9. The van der Waals surface area contributed by atoms with Crippen LogP contribution in [0.15, 0.2) is 48.2 Å². The van der Waals surface area contributed by atoms with Crippen LogP contribution < -0.4 is 19.9 Å². The first kappa shape index (κ1) is 22.6. The first-order valence-corrected chi connectivity index (χ1v) is 10.8. The first-order chi connectivity index (χ1) is 14.7. The van der Waals surface area contributed by atoms with Gasteiger partial charge in [0.2, 0.25) is 0 Å². The van der Waals surface area contributed by atoms with E-state index in [-0.39, 0.29) is 48.1 Å². The highest BCUT2D eigenvalue weighted by atomic mass is 16.6. The number of benzene rings is 1. The number of rotatable bonds is 7. The van der Waals surface area contributed by atoms with E-state index in [4.69, 9.17) is 9.47 Å². The molecule has 0 saturated heterocycles. The second kappa shape index (κ2) is 9.38. The fourth-order valence-electron chi connectivity index (χ4n) is 3.84. The van der Waals surface area contributed by atoms with Crippen LogP contribution in [0.5, 0.6) is 11.5 Å². The lowest BCUT2D eigenvalue weighted by atomic mass is 9.92. The van der Waals surface area contributed by atoms with Crippen molar-refractivity contribution in [1.29, 1.82) is 0 Å². The number of esters is 2. The van der Waals surface area contributed by atoms with Gasteiger partial charge < -0.3 is 14.4 Å². The summed E-state index contributed by atoms with van der Waals surface area (Å²) in [7, 11) is 1.99. The van der Waals surface area contributed by atoms with E-state index >= 15 is 0 Å². The van der Waals surface area contributed by atoms with E-state index in [0.29, 0.717) is 0 Å². The van der Waals surface area contributed by atoms with Crippen molar-refractivity contribution in [3.05, 3.63) is 58.6 Å². The van der Waals surface area contributed by atoms with Gasteiger partial charge in [0.25, 0.3) is 0 Å². The van der Waals surface area contributed by atoms with Gasteiger partial charge in [-0.3, -0.25) is 9.59 Å². The van der Waals surface area contributed by atoms with Gasteiger partial charge in [0, 0.05) is 31.3 Å². The molecule has 31 heavy (non-hydrogen) atoms. The lowest BCUT2D eigenvalue weighted by Gasteiger charge is -2.29. The van der Waals surface area contributed by atoms with Gasteiger partial charge in [-0.25, -0.2) is 0 Å². The Morgan fingerprint density at radius 1 is 1.06 bits per heavy atom. The summed E-state index contributed by atoms with van der Waals surface area (Å²) in [6.45, 7) is 11.8. The zero-order valence-corrected chi connectivity index (χ0v) is 19.0. The Balaban J connectivity index is 2.15. The number of nitrogens with zero attached hydrogens (tertiary/aromatic N) is 1. The number of fused-ring (bicyclic) bond motifs is 2. The zero-order chi connectivity index (χ0) is 22.7. The Hall–Kier alpha value is -3.08. The van der Waals surface area contributed by atoms with Gasteiger partial charge in [0.05, 0.1) is 5.70 Å². The van der Waals surface area contributed by atoms with E-state index in [1.54, 1.807) is 6.07 Å². The van der Waals surface area contributed by atoms with Gasteiger partial charge in [-0.2, -0.15) is 0 Å². The molecule has 1 heterocycles. The van der Waals surface area contributed by atoms with Crippen LogP contribution in [0.1, 0.15) is 47.0 Å². The summed E-state index contributed by atoms with van der Waals surface area (Å²) in [5.74, 6) is 0.202. The summed E-state index contributed by atoms with van der Waals surface area (Å²) >= 11 is 0. The van der Waals surface area contributed by atoms with Crippen molar-refractivity contribution in [2.24, 2.45) is 11.8 Å². The van der Waals surface area contributed by atoms with Crippen LogP contribution >= 0.6 is 0 Å². The second-order valence-corrected chi connectivity index (χ2v) is 8.86. The number of allylic oxidation sites excluding steroid dienone is 5. The van der Waals surface area contributed by atoms with Crippen LogP contribution in [0.25, 0.3) is 11.8 Å². The summed E-state index contributed by atoms with van der Waals surface area (Å²) < 4.78 is 11.3. The number of ether oxygens (including phenoxy) is 2. The molecule has 0 aromatic heterocycles. The maximum atomic E-state index is 12.4. The van der Waals surface area contributed by atoms with Crippen molar-refractivity contribution in [3.63, 3.8) is 0 Å². The van der Waals surface area contributed by atoms with E-state index in [1.807, 2.05) is 53.1 Å². The van der Waals surface area contributed by atoms with E-state index < -0.39 is 0 Å². The average molecular weight is 422 g/mol. The highest BCUT2D eigenvalue weighted by Crippen LogP contribution is 2.31. The standard InChI is InChI=1S/C26H31NO4/c1-7-18-9-8-10-20-21-14-23(31-25(29)12-17(4)5)22(30-24(28)11-16(2)3)13-19(21)15-27(6)26(18)20/h7-9,13-17H,1,10-12H2,2-6H3. The molecule has 164 valence electrons. The molecule has 1 aromatic rings. The molecule has 0 unspecified atom stereocenters. The molecule has 0 fully saturated rings. The summed E-state index contributed by atoms with van der Waals surface area (Å²) in [5.41, 5.74) is 3.24. The van der Waals surface area contributed by atoms with Crippen LogP contribution in [-0.2, 0) is 9.59 Å². The molecular formula is C26H31NO4. The monoisotopic (exact) mass is 421 g/mol. The van der Waals surface area contributed by atoms with Crippen molar-refractivity contribution in [2.45, 2.75) is 47.0 Å². The smallest absolute Gasteiger partial charge is 0.311 e. The molecule has 1 aliphatic carbocycles. The van der Waals surface area contributed by atoms with Gasteiger partial charge in [0.1, 0.15) is 0 Å². The van der Waals surface area contributed by atoms with Gasteiger partial charge in [-0.1, -0.05) is 52.5 Å². The topological polar surface area (TPSA) is 55.8 Å². The molecule has 0 amide bonds. The van der Waals surface area contributed by atoms with Gasteiger partial charge in [-0.05, 0) is 46.8 Å². The largest absolute Gasteiger partial charge is 0.422 e. The maximum Gasteiger partial charge on any atom is 0.311 e. The predicted molar refractivity (Wildman–Crippen MR) is 122 cm³/mol. The Bertz CT molecular complexity index is 1090. The third-order valence-electron chi connectivity index (χ3n) is 5.12. The number of carbonyl (C=O) groups excluding carboxylic acids is 2. The molecular weight excluding hydrogens is 390 g/mol. The Kier molecular flexibility index (Phi) is 6.84. The van der Waals surface area contributed by atoms with Crippen LogP contribution in [0.3, 0.4) is 0 Å². The quantitative estimate of drug-likeness (QED) is 0.495.